The molecule has 0 aliphatic rings. The molecule has 28 heavy (non-hydrogen) atoms. The summed E-state index contributed by atoms with van der Waals surface area (Å²) in [5.41, 5.74) is 1.31. The second-order valence-electron chi connectivity index (χ2n) is 6.30. The fourth-order valence-corrected chi connectivity index (χ4v) is 3.45. The molecule has 2 aromatic carbocycles. The molecule has 0 radical (unpaired) electrons. The summed E-state index contributed by atoms with van der Waals surface area (Å²) in [6, 6.07) is 9.74. The Kier molecular flexibility index (Phi) is 9.16. The summed E-state index contributed by atoms with van der Waals surface area (Å²) in [7, 11) is -2.46. The fraction of sp³-hybridized carbons (Fsp3) is 0.368. The predicted octanol–water partition coefficient (Wildman–Crippen LogP) is 2.81. The first-order chi connectivity index (χ1) is 12.7. The molecule has 0 bridgehead atoms. The number of hydrogen-bond donors (Lipinski definition) is 2. The van der Waals surface area contributed by atoms with Crippen LogP contribution in [0.3, 0.4) is 0 Å². The molecule has 0 amide bonds. The molecule has 0 aliphatic carbocycles. The zero-order valence-electron chi connectivity index (χ0n) is 16.1. The minimum atomic E-state index is -3.86. The summed E-state index contributed by atoms with van der Waals surface area (Å²) in [5.74, 6) is 0.456. The number of benzene rings is 2. The maximum atomic E-state index is 13.5. The van der Waals surface area contributed by atoms with Crippen molar-refractivity contribution >= 4 is 22.4 Å². The Morgan fingerprint density at radius 1 is 1.21 bits per heavy atom. The van der Waals surface area contributed by atoms with Gasteiger partial charge < -0.3 is 14.8 Å². The molecular formula is C19H26ClFN2O4S. The Labute approximate surface area is 171 Å². The van der Waals surface area contributed by atoms with Crippen LogP contribution in [-0.4, -0.2) is 34.7 Å². The fourth-order valence-electron chi connectivity index (χ4n) is 2.71. The number of nitrogens with two attached hydrogens (primary N) is 1. The van der Waals surface area contributed by atoms with Gasteiger partial charge in [0.2, 0.25) is 10.0 Å². The van der Waals surface area contributed by atoms with E-state index in [0.29, 0.717) is 30.9 Å². The van der Waals surface area contributed by atoms with E-state index in [9.17, 15) is 12.8 Å². The van der Waals surface area contributed by atoms with E-state index >= 15 is 0 Å². The lowest BCUT2D eigenvalue weighted by Gasteiger charge is -2.16. The molecule has 0 aromatic heterocycles. The summed E-state index contributed by atoms with van der Waals surface area (Å²) in [5, 5.41) is 8.53. The summed E-state index contributed by atoms with van der Waals surface area (Å²) in [4.78, 5) is -0.0281. The number of primary sulfonamides is 1. The van der Waals surface area contributed by atoms with Gasteiger partial charge in [0.15, 0.2) is 0 Å². The molecule has 1 atom stereocenters. The van der Waals surface area contributed by atoms with Gasteiger partial charge in [0.25, 0.3) is 0 Å². The van der Waals surface area contributed by atoms with Gasteiger partial charge in [0.05, 0.1) is 7.11 Å². The van der Waals surface area contributed by atoms with Gasteiger partial charge in [-0.05, 0) is 50.1 Å². The molecule has 2 aromatic rings. The largest absolute Gasteiger partial charge is 0.495 e. The van der Waals surface area contributed by atoms with E-state index in [0.717, 1.165) is 5.56 Å². The highest BCUT2D eigenvalue weighted by molar-refractivity contribution is 7.89. The number of hydrogen-bond acceptors (Lipinski definition) is 5. The standard InChI is InChI=1S/C19H25FN2O4S.ClH/c1-13(22-9-10-26-17-6-4-5-16(20)14(17)2)11-15-7-8-18(25-3)19(12-15)27(21,23)24;/h4-8,12-13,22H,9-11H2,1-3H3,(H2,21,23,24);1H. The third kappa shape index (κ3) is 6.63. The summed E-state index contributed by atoms with van der Waals surface area (Å²) >= 11 is 0. The minimum absolute atomic E-state index is 0. The van der Waals surface area contributed by atoms with Crippen LogP contribution < -0.4 is 19.9 Å². The van der Waals surface area contributed by atoms with Crippen LogP contribution in [0.15, 0.2) is 41.3 Å². The van der Waals surface area contributed by atoms with Gasteiger partial charge in [-0.3, -0.25) is 0 Å². The van der Waals surface area contributed by atoms with Gasteiger partial charge in [0.1, 0.15) is 28.8 Å². The van der Waals surface area contributed by atoms with Gasteiger partial charge in [-0.25, -0.2) is 17.9 Å². The van der Waals surface area contributed by atoms with E-state index in [1.54, 1.807) is 31.2 Å². The third-order valence-electron chi connectivity index (χ3n) is 4.15. The molecule has 6 nitrogen and oxygen atoms in total. The van der Waals surface area contributed by atoms with Gasteiger partial charge >= 0.3 is 0 Å². The first-order valence-electron chi connectivity index (χ1n) is 8.53. The van der Waals surface area contributed by atoms with Crippen molar-refractivity contribution in [2.45, 2.75) is 31.2 Å². The van der Waals surface area contributed by atoms with Crippen molar-refractivity contribution in [3.63, 3.8) is 0 Å². The zero-order chi connectivity index (χ0) is 20.0. The second kappa shape index (κ2) is 10.6. The van der Waals surface area contributed by atoms with Gasteiger partial charge in [-0.2, -0.15) is 0 Å². The van der Waals surface area contributed by atoms with E-state index in [-0.39, 0.29) is 34.9 Å². The van der Waals surface area contributed by atoms with Crippen molar-refractivity contribution in [1.29, 1.82) is 0 Å². The number of ether oxygens (including phenoxy) is 2. The first kappa shape index (κ1) is 24.2. The van der Waals surface area contributed by atoms with E-state index < -0.39 is 10.0 Å². The van der Waals surface area contributed by atoms with E-state index in [1.165, 1.54) is 19.2 Å². The smallest absolute Gasteiger partial charge is 0.241 e. The molecule has 0 fully saturated rings. The molecule has 0 saturated carbocycles. The van der Waals surface area contributed by atoms with E-state index in [4.69, 9.17) is 14.6 Å². The monoisotopic (exact) mass is 432 g/mol. The number of sulfonamides is 1. The SMILES string of the molecule is COc1ccc(CC(C)NCCOc2cccc(F)c2C)cc1S(N)(=O)=O.Cl. The molecule has 0 spiro atoms. The highest BCUT2D eigenvalue weighted by Crippen LogP contribution is 2.24. The average Bonchev–Trinajstić information content (AvgIpc) is 2.61. The minimum Gasteiger partial charge on any atom is -0.495 e. The molecule has 0 heterocycles. The van der Waals surface area contributed by atoms with Gasteiger partial charge in [-0.15, -0.1) is 12.4 Å². The van der Waals surface area contributed by atoms with E-state index in [1.807, 2.05) is 6.92 Å². The number of nitrogens with one attached hydrogen (secondary N) is 1. The lowest BCUT2D eigenvalue weighted by Crippen LogP contribution is -2.32. The lowest BCUT2D eigenvalue weighted by molar-refractivity contribution is 0.303. The van der Waals surface area contributed by atoms with Crippen molar-refractivity contribution in [2.24, 2.45) is 5.14 Å². The number of rotatable bonds is 9. The summed E-state index contributed by atoms with van der Waals surface area (Å²) in [6.45, 7) is 4.61. The normalized spacial score (nSPS) is 12.2. The quantitative estimate of drug-likeness (QED) is 0.594. The Morgan fingerprint density at radius 2 is 1.93 bits per heavy atom. The maximum Gasteiger partial charge on any atom is 0.241 e. The van der Waals surface area contributed by atoms with Crippen LogP contribution in [0, 0.1) is 12.7 Å². The lowest BCUT2D eigenvalue weighted by atomic mass is 10.1. The van der Waals surface area contributed by atoms with Crippen LogP contribution in [0.1, 0.15) is 18.1 Å². The molecule has 156 valence electrons. The van der Waals surface area contributed by atoms with Crippen LogP contribution in [0.5, 0.6) is 11.5 Å². The topological polar surface area (TPSA) is 90.7 Å². The highest BCUT2D eigenvalue weighted by atomic mass is 35.5. The van der Waals surface area contributed by atoms with Crippen molar-refractivity contribution in [3.05, 3.63) is 53.3 Å². The maximum absolute atomic E-state index is 13.5. The Balaban J connectivity index is 0.00000392. The highest BCUT2D eigenvalue weighted by Gasteiger charge is 2.16. The zero-order valence-corrected chi connectivity index (χ0v) is 17.7. The van der Waals surface area contributed by atoms with Gasteiger partial charge in [-0.1, -0.05) is 12.1 Å². The van der Waals surface area contributed by atoms with Crippen LogP contribution in [0.4, 0.5) is 4.39 Å². The van der Waals surface area contributed by atoms with Gasteiger partial charge in [0, 0.05) is 18.2 Å². The number of halogens is 2. The van der Waals surface area contributed by atoms with Crippen molar-refractivity contribution in [2.75, 3.05) is 20.3 Å². The van der Waals surface area contributed by atoms with Crippen LogP contribution in [-0.2, 0) is 16.4 Å². The Bertz CT molecular complexity index is 893. The Morgan fingerprint density at radius 3 is 2.57 bits per heavy atom. The van der Waals surface area contributed by atoms with Crippen molar-refractivity contribution < 1.29 is 22.3 Å². The molecule has 0 saturated heterocycles. The van der Waals surface area contributed by atoms with Crippen molar-refractivity contribution in [1.82, 2.24) is 5.32 Å². The Hall–Kier alpha value is -1.87. The van der Waals surface area contributed by atoms with Crippen LogP contribution in [0.2, 0.25) is 0 Å². The van der Waals surface area contributed by atoms with Crippen LogP contribution in [0.25, 0.3) is 0 Å². The average molecular weight is 433 g/mol. The second-order valence-corrected chi connectivity index (χ2v) is 7.83. The predicted molar refractivity (Wildman–Crippen MR) is 109 cm³/mol. The summed E-state index contributed by atoms with van der Waals surface area (Å²) in [6.07, 6.45) is 0.603. The summed E-state index contributed by atoms with van der Waals surface area (Å²) < 4.78 is 47.5. The molecule has 3 N–H and O–H groups in total. The van der Waals surface area contributed by atoms with E-state index in [2.05, 4.69) is 5.32 Å². The number of methoxy groups -OCH3 is 1. The third-order valence-corrected chi connectivity index (χ3v) is 5.08. The molecule has 2 rings (SSSR count). The van der Waals surface area contributed by atoms with Crippen molar-refractivity contribution in [3.8, 4) is 11.5 Å². The molecule has 9 heteroatoms. The molecular weight excluding hydrogens is 407 g/mol. The molecule has 1 unspecified atom stereocenters. The van der Waals surface area contributed by atoms with Crippen LogP contribution >= 0.6 is 12.4 Å². The first-order valence-corrected chi connectivity index (χ1v) is 10.1. The molecule has 0 aliphatic heterocycles.